The van der Waals surface area contributed by atoms with Crippen LogP contribution in [0, 0.1) is 5.82 Å². The van der Waals surface area contributed by atoms with Crippen LogP contribution in [0.4, 0.5) is 4.39 Å². The van der Waals surface area contributed by atoms with Gasteiger partial charge in [0, 0.05) is 5.75 Å². The van der Waals surface area contributed by atoms with E-state index in [9.17, 15) is 4.39 Å². The molecular weight excluding hydrogens is 214 g/mol. The summed E-state index contributed by atoms with van der Waals surface area (Å²) >= 11 is 1.68. The fraction of sp³-hybridized carbons (Fsp3) is 0.400. The van der Waals surface area contributed by atoms with Crippen molar-refractivity contribution >= 4 is 24.3 Å². The fourth-order valence-electron chi connectivity index (χ4n) is 1.17. The van der Waals surface area contributed by atoms with Crippen molar-refractivity contribution in [2.45, 2.75) is 24.9 Å². The molecule has 0 aliphatic rings. The molecule has 0 unspecified atom stereocenters. The van der Waals surface area contributed by atoms with E-state index in [0.717, 1.165) is 11.6 Å². The Balaban J connectivity index is 2.79. The summed E-state index contributed by atoms with van der Waals surface area (Å²) in [4.78, 5) is 0. The maximum atomic E-state index is 13.1. The quantitative estimate of drug-likeness (QED) is 0.759. The monoisotopic (exact) mass is 228 g/mol. The van der Waals surface area contributed by atoms with E-state index < -0.39 is 12.9 Å². The molecule has 0 aliphatic carbocycles. The molecule has 0 fully saturated rings. The van der Waals surface area contributed by atoms with E-state index in [1.165, 1.54) is 6.07 Å². The predicted molar refractivity (Wildman–Crippen MR) is 62.7 cm³/mol. The third-order valence-electron chi connectivity index (χ3n) is 1.86. The smallest absolute Gasteiger partial charge is 0.423 e. The van der Waals surface area contributed by atoms with E-state index in [1.807, 2.05) is 0 Å². The van der Waals surface area contributed by atoms with Crippen molar-refractivity contribution in [3.05, 3.63) is 29.6 Å². The van der Waals surface area contributed by atoms with Gasteiger partial charge in [0.15, 0.2) is 0 Å². The van der Waals surface area contributed by atoms with Gasteiger partial charge in [0.2, 0.25) is 0 Å². The fourth-order valence-corrected chi connectivity index (χ4v) is 1.86. The summed E-state index contributed by atoms with van der Waals surface area (Å²) in [6, 6.07) is 4.17. The Labute approximate surface area is 93.7 Å². The lowest BCUT2D eigenvalue weighted by Crippen LogP contribution is -2.30. The molecule has 1 aromatic rings. The zero-order chi connectivity index (χ0) is 11.4. The maximum absolute atomic E-state index is 13.1. The lowest BCUT2D eigenvalue weighted by Gasteiger charge is -2.07. The van der Waals surface area contributed by atoms with E-state index in [4.69, 9.17) is 10.0 Å². The second kappa shape index (κ2) is 5.54. The van der Waals surface area contributed by atoms with Crippen LogP contribution in [0.3, 0.4) is 0 Å². The van der Waals surface area contributed by atoms with Gasteiger partial charge in [-0.25, -0.2) is 4.39 Å². The zero-order valence-corrected chi connectivity index (χ0v) is 9.59. The average Bonchev–Trinajstić information content (AvgIpc) is 2.13. The van der Waals surface area contributed by atoms with Crippen molar-refractivity contribution in [1.82, 2.24) is 0 Å². The topological polar surface area (TPSA) is 40.5 Å². The summed E-state index contributed by atoms with van der Waals surface area (Å²) in [6.07, 6.45) is 0. The Morgan fingerprint density at radius 3 is 2.53 bits per heavy atom. The van der Waals surface area contributed by atoms with Gasteiger partial charge in [-0.2, -0.15) is 11.8 Å². The molecule has 0 atom stereocenters. The number of hydrogen-bond acceptors (Lipinski definition) is 3. The SMILES string of the molecule is CC(C)SCc1cc(F)cc(B(O)O)c1. The molecule has 0 bridgehead atoms. The largest absolute Gasteiger partial charge is 0.488 e. The summed E-state index contributed by atoms with van der Waals surface area (Å²) in [5, 5.41) is 18.3. The lowest BCUT2D eigenvalue weighted by atomic mass is 9.79. The second-order valence-corrected chi connectivity index (χ2v) is 5.19. The van der Waals surface area contributed by atoms with Crippen molar-refractivity contribution < 1.29 is 14.4 Å². The minimum absolute atomic E-state index is 0.203. The van der Waals surface area contributed by atoms with Crippen LogP contribution >= 0.6 is 11.8 Å². The number of rotatable bonds is 4. The van der Waals surface area contributed by atoms with Crippen LogP contribution in [0.1, 0.15) is 19.4 Å². The molecule has 0 heterocycles. The van der Waals surface area contributed by atoms with Gasteiger partial charge in [0.1, 0.15) is 5.82 Å². The first-order chi connectivity index (χ1) is 6.99. The highest BCUT2D eigenvalue weighted by molar-refractivity contribution is 7.99. The van der Waals surface area contributed by atoms with Crippen molar-refractivity contribution in [3.63, 3.8) is 0 Å². The molecule has 1 aromatic carbocycles. The molecule has 0 saturated carbocycles. The van der Waals surface area contributed by atoms with Gasteiger partial charge in [-0.3, -0.25) is 0 Å². The maximum Gasteiger partial charge on any atom is 0.488 e. The van der Waals surface area contributed by atoms with E-state index in [2.05, 4.69) is 13.8 Å². The number of halogens is 1. The second-order valence-electron chi connectivity index (χ2n) is 3.63. The minimum atomic E-state index is -1.61. The van der Waals surface area contributed by atoms with Crippen molar-refractivity contribution in [2.75, 3.05) is 0 Å². The highest BCUT2D eigenvalue weighted by atomic mass is 32.2. The van der Waals surface area contributed by atoms with Crippen LogP contribution < -0.4 is 5.46 Å². The van der Waals surface area contributed by atoms with Crippen molar-refractivity contribution in [2.24, 2.45) is 0 Å². The Hall–Kier alpha value is -0.515. The van der Waals surface area contributed by atoms with Gasteiger partial charge in [-0.05, 0) is 28.4 Å². The zero-order valence-electron chi connectivity index (χ0n) is 8.77. The van der Waals surface area contributed by atoms with Crippen LogP contribution in [0.15, 0.2) is 18.2 Å². The third-order valence-corrected chi connectivity index (χ3v) is 3.03. The first kappa shape index (κ1) is 12.6. The molecule has 0 spiro atoms. The average molecular weight is 228 g/mol. The van der Waals surface area contributed by atoms with E-state index >= 15 is 0 Å². The summed E-state index contributed by atoms with van der Waals surface area (Å²) in [7, 11) is -1.61. The number of hydrogen-bond donors (Lipinski definition) is 2. The van der Waals surface area contributed by atoms with E-state index in [-0.39, 0.29) is 5.46 Å². The Morgan fingerprint density at radius 2 is 2.00 bits per heavy atom. The first-order valence-corrected chi connectivity index (χ1v) is 5.81. The van der Waals surface area contributed by atoms with Crippen LogP contribution in [0.2, 0.25) is 0 Å². The molecule has 0 amide bonds. The first-order valence-electron chi connectivity index (χ1n) is 4.76. The number of thioether (sulfide) groups is 1. The molecule has 0 saturated heterocycles. The highest BCUT2D eigenvalue weighted by Crippen LogP contribution is 2.17. The summed E-state index contributed by atoms with van der Waals surface area (Å²) in [6.45, 7) is 4.12. The molecule has 82 valence electrons. The Morgan fingerprint density at radius 1 is 1.33 bits per heavy atom. The molecular formula is C10H14BFO2S. The van der Waals surface area contributed by atoms with Gasteiger partial charge < -0.3 is 10.0 Å². The molecule has 1 rings (SSSR count). The molecule has 2 nitrogen and oxygen atoms in total. The minimum Gasteiger partial charge on any atom is -0.423 e. The third kappa shape index (κ3) is 4.24. The van der Waals surface area contributed by atoms with Crippen LogP contribution in [0.5, 0.6) is 0 Å². The Bertz CT molecular complexity index is 331. The molecule has 15 heavy (non-hydrogen) atoms. The van der Waals surface area contributed by atoms with Crippen LogP contribution in [-0.2, 0) is 5.75 Å². The van der Waals surface area contributed by atoms with Crippen LogP contribution in [0.25, 0.3) is 0 Å². The Kier molecular flexibility index (Phi) is 4.63. The summed E-state index contributed by atoms with van der Waals surface area (Å²) < 4.78 is 13.1. The van der Waals surface area contributed by atoms with Gasteiger partial charge in [0.25, 0.3) is 0 Å². The highest BCUT2D eigenvalue weighted by Gasteiger charge is 2.13. The van der Waals surface area contributed by atoms with Crippen molar-refractivity contribution in [1.29, 1.82) is 0 Å². The molecule has 5 heteroatoms. The van der Waals surface area contributed by atoms with Gasteiger partial charge >= 0.3 is 7.12 Å². The predicted octanol–water partition coefficient (Wildman–Crippen LogP) is 1.15. The van der Waals surface area contributed by atoms with E-state index in [0.29, 0.717) is 11.0 Å². The van der Waals surface area contributed by atoms with Gasteiger partial charge in [-0.15, -0.1) is 0 Å². The van der Waals surface area contributed by atoms with Crippen LogP contribution in [-0.4, -0.2) is 22.4 Å². The molecule has 2 N–H and O–H groups in total. The normalized spacial score (nSPS) is 10.8. The molecule has 0 aromatic heterocycles. The van der Waals surface area contributed by atoms with Gasteiger partial charge in [-0.1, -0.05) is 19.9 Å². The summed E-state index contributed by atoms with van der Waals surface area (Å²) in [5.41, 5.74) is 0.978. The van der Waals surface area contributed by atoms with Crippen molar-refractivity contribution in [3.8, 4) is 0 Å². The molecule has 0 radical (unpaired) electrons. The van der Waals surface area contributed by atoms with Gasteiger partial charge in [0.05, 0.1) is 0 Å². The number of benzene rings is 1. The standard InChI is InChI=1S/C10H14BFO2S/c1-7(2)15-6-8-3-9(11(13)14)5-10(12)4-8/h3-5,7,13-14H,6H2,1-2H3. The van der Waals surface area contributed by atoms with E-state index in [1.54, 1.807) is 17.8 Å². The molecule has 0 aliphatic heterocycles. The lowest BCUT2D eigenvalue weighted by molar-refractivity contribution is 0.425. The summed E-state index contributed by atoms with van der Waals surface area (Å²) in [5.74, 6) is 0.245.